The first-order valence-electron chi connectivity index (χ1n) is 15.7. The Balaban J connectivity index is 1.19. The Kier molecular flexibility index (Phi) is 9.77. The average Bonchev–Trinajstić information content (AvgIpc) is 3.46. The van der Waals surface area contributed by atoms with Gasteiger partial charge in [0.15, 0.2) is 11.2 Å². The quantitative estimate of drug-likeness (QED) is 0.191. The summed E-state index contributed by atoms with van der Waals surface area (Å²) in [6.07, 6.45) is 0.576. The minimum Gasteiger partial charge on any atom is -0.451 e. The summed E-state index contributed by atoms with van der Waals surface area (Å²) in [4.78, 5) is 42.7. The molecule has 0 spiro atoms. The Hall–Kier alpha value is -4.77. The van der Waals surface area contributed by atoms with Gasteiger partial charge in [0.05, 0.1) is 11.4 Å². The van der Waals surface area contributed by atoms with E-state index in [2.05, 4.69) is 27.1 Å². The number of fused-ring (bicyclic) bond motifs is 1. The Morgan fingerprint density at radius 3 is 2.44 bits per heavy atom. The largest absolute Gasteiger partial charge is 0.573 e. The summed E-state index contributed by atoms with van der Waals surface area (Å²) in [6, 6.07) is 19.1. The average molecular weight is 680 g/mol. The second-order valence-electron chi connectivity index (χ2n) is 12.0. The van der Waals surface area contributed by atoms with E-state index in [4.69, 9.17) is 16.0 Å². The van der Waals surface area contributed by atoms with Crippen LogP contribution in [0.5, 0.6) is 5.75 Å². The number of hydrogen-bond acceptors (Lipinski definition) is 6. The van der Waals surface area contributed by atoms with Gasteiger partial charge < -0.3 is 24.3 Å². The molecule has 2 amide bonds. The lowest BCUT2D eigenvalue weighted by Gasteiger charge is -2.33. The van der Waals surface area contributed by atoms with E-state index in [1.54, 1.807) is 12.1 Å². The molecule has 0 bridgehead atoms. The van der Waals surface area contributed by atoms with Crippen LogP contribution in [0.4, 0.5) is 18.9 Å². The van der Waals surface area contributed by atoms with E-state index < -0.39 is 29.5 Å². The van der Waals surface area contributed by atoms with Crippen LogP contribution >= 0.6 is 11.6 Å². The number of alkyl halides is 3. The van der Waals surface area contributed by atoms with E-state index in [0.717, 1.165) is 85.5 Å². The molecule has 8 nitrogen and oxygen atoms in total. The fourth-order valence-electron chi connectivity index (χ4n) is 6.23. The van der Waals surface area contributed by atoms with Crippen LogP contribution in [0.2, 0.25) is 5.02 Å². The number of carbonyl (C=O) groups excluding carboxylic acids is 2. The lowest BCUT2D eigenvalue weighted by Crippen LogP contribution is -2.37. The highest BCUT2D eigenvalue weighted by molar-refractivity contribution is 6.30. The van der Waals surface area contributed by atoms with Crippen LogP contribution in [0.25, 0.3) is 11.0 Å². The van der Waals surface area contributed by atoms with Crippen LogP contribution in [-0.2, 0) is 17.8 Å². The summed E-state index contributed by atoms with van der Waals surface area (Å²) in [5.41, 5.74) is 3.61. The van der Waals surface area contributed by atoms with Crippen LogP contribution in [0.1, 0.15) is 47.4 Å². The van der Waals surface area contributed by atoms with Crippen molar-refractivity contribution >= 4 is 40.1 Å². The van der Waals surface area contributed by atoms with E-state index >= 15 is 0 Å². The van der Waals surface area contributed by atoms with Crippen LogP contribution in [0.15, 0.2) is 93.7 Å². The molecule has 0 unspecified atom stereocenters. The van der Waals surface area contributed by atoms with Gasteiger partial charge in [0.2, 0.25) is 5.91 Å². The lowest BCUT2D eigenvalue weighted by molar-refractivity contribution is -0.274. The van der Waals surface area contributed by atoms with Gasteiger partial charge in [-0.05, 0) is 73.2 Å². The van der Waals surface area contributed by atoms with Crippen LogP contribution < -0.4 is 20.4 Å². The molecule has 4 aromatic rings. The zero-order chi connectivity index (χ0) is 33.8. The number of ether oxygens (including phenoxy) is 1. The zero-order valence-corrected chi connectivity index (χ0v) is 26.7. The first kappa shape index (κ1) is 33.1. The molecule has 0 aliphatic carbocycles. The van der Waals surface area contributed by atoms with Gasteiger partial charge in [-0.25, -0.2) is 0 Å². The fourth-order valence-corrected chi connectivity index (χ4v) is 6.35. The number of amides is 2. The van der Waals surface area contributed by atoms with Crippen LogP contribution in [-0.4, -0.2) is 48.8 Å². The number of rotatable bonds is 9. The fraction of sp³-hybridized carbons (Fsp3) is 0.306. The predicted octanol–water partition coefficient (Wildman–Crippen LogP) is 7.04. The topological polar surface area (TPSA) is 92.1 Å². The molecule has 6 rings (SSSR count). The molecule has 2 aliphatic rings. The van der Waals surface area contributed by atoms with Crippen molar-refractivity contribution in [2.45, 2.75) is 51.1 Å². The number of anilines is 1. The number of likely N-dealkylation sites (tertiary alicyclic amines) is 1. The summed E-state index contributed by atoms with van der Waals surface area (Å²) >= 11 is 6.09. The van der Waals surface area contributed by atoms with Crippen molar-refractivity contribution in [3.8, 4) is 5.75 Å². The van der Waals surface area contributed by atoms with E-state index in [9.17, 15) is 27.6 Å². The van der Waals surface area contributed by atoms with Crippen molar-refractivity contribution in [1.82, 2.24) is 10.2 Å². The third-order valence-corrected chi connectivity index (χ3v) is 8.80. The van der Waals surface area contributed by atoms with Crippen molar-refractivity contribution in [3.05, 3.63) is 117 Å². The number of piperidine rings is 1. The first-order chi connectivity index (χ1) is 23.0. The van der Waals surface area contributed by atoms with Crippen LogP contribution in [0.3, 0.4) is 0 Å². The molecule has 2 saturated heterocycles. The predicted molar refractivity (Wildman–Crippen MR) is 176 cm³/mol. The van der Waals surface area contributed by atoms with E-state index in [1.807, 2.05) is 35.2 Å². The Morgan fingerprint density at radius 2 is 1.73 bits per heavy atom. The highest BCUT2D eigenvalue weighted by atomic mass is 35.5. The number of nitrogens with zero attached hydrogens (tertiary/aromatic N) is 2. The minimum absolute atomic E-state index is 0.0449. The maximum Gasteiger partial charge on any atom is 0.573 e. The van der Waals surface area contributed by atoms with Gasteiger partial charge in [0, 0.05) is 49.4 Å². The summed E-state index contributed by atoms with van der Waals surface area (Å²) in [5, 5.41) is 3.41. The monoisotopic (exact) mass is 679 g/mol. The number of hydrogen-bond donors (Lipinski definition) is 1. The second-order valence-corrected chi connectivity index (χ2v) is 12.4. The molecule has 0 radical (unpaired) electrons. The smallest absolute Gasteiger partial charge is 0.451 e. The standard InChI is InChI=1S/C36H33ClF3N3O5/c37-26-9-7-23(8-10-26)18-27(41-35(46)33-21-31(44)29-20-28(48-36(38,39)40)11-12-32(29)47-33)19-24-13-16-42(17-14-24)30-5-2-1-4-25(30)22-43-15-3-6-34(43)45/h1-2,4-5,7-12,19-21,27H,3,6,13-18,22H2,(H,41,46)/t27-/m1/s1. The molecule has 0 saturated carbocycles. The van der Waals surface area contributed by atoms with Crippen molar-refractivity contribution in [2.75, 3.05) is 24.5 Å². The maximum absolute atomic E-state index is 13.4. The molecule has 2 aliphatic heterocycles. The Bertz CT molecular complexity index is 1900. The van der Waals surface area contributed by atoms with Gasteiger partial charge in [-0.1, -0.05) is 53.6 Å². The molecule has 12 heteroatoms. The molecule has 250 valence electrons. The zero-order valence-electron chi connectivity index (χ0n) is 25.9. The molecule has 48 heavy (non-hydrogen) atoms. The molecule has 3 heterocycles. The van der Waals surface area contributed by atoms with Gasteiger partial charge in [-0.2, -0.15) is 0 Å². The number of carbonyl (C=O) groups is 2. The van der Waals surface area contributed by atoms with Crippen molar-refractivity contribution in [2.24, 2.45) is 0 Å². The Labute approximate surface area is 279 Å². The van der Waals surface area contributed by atoms with E-state index in [-0.39, 0.29) is 22.6 Å². The van der Waals surface area contributed by atoms with E-state index in [1.165, 1.54) is 0 Å². The SMILES string of the molecule is O=C(N[C@@H](C=C1CCN(c2ccccc2CN2CCCC2=O)CC1)Cc1ccc(Cl)cc1)c1cc(=O)c2cc(OC(F)(F)F)ccc2o1. The molecular weight excluding hydrogens is 647 g/mol. The molecule has 1 atom stereocenters. The normalized spacial score (nSPS) is 15.9. The molecule has 3 aromatic carbocycles. The first-order valence-corrected chi connectivity index (χ1v) is 16.1. The molecular formula is C36H33ClF3N3O5. The summed E-state index contributed by atoms with van der Waals surface area (Å²) in [6.45, 7) is 2.90. The summed E-state index contributed by atoms with van der Waals surface area (Å²) < 4.78 is 47.6. The van der Waals surface area contributed by atoms with Gasteiger partial charge in [-0.15, -0.1) is 13.2 Å². The van der Waals surface area contributed by atoms with Gasteiger partial charge in [0.25, 0.3) is 5.91 Å². The van der Waals surface area contributed by atoms with Crippen molar-refractivity contribution < 1.29 is 31.9 Å². The highest BCUT2D eigenvalue weighted by Crippen LogP contribution is 2.29. The number of nitrogens with one attached hydrogen (secondary N) is 1. The van der Waals surface area contributed by atoms with Gasteiger partial charge >= 0.3 is 6.36 Å². The maximum atomic E-state index is 13.4. The third kappa shape index (κ3) is 8.20. The molecule has 1 N–H and O–H groups in total. The second kappa shape index (κ2) is 14.1. The molecule has 1 aromatic heterocycles. The van der Waals surface area contributed by atoms with E-state index in [0.29, 0.717) is 24.4 Å². The van der Waals surface area contributed by atoms with Gasteiger partial charge in [-0.3, -0.25) is 14.4 Å². The number of halogens is 4. The highest BCUT2D eigenvalue weighted by Gasteiger charge is 2.31. The Morgan fingerprint density at radius 1 is 0.979 bits per heavy atom. The number of para-hydroxylation sites is 1. The summed E-state index contributed by atoms with van der Waals surface area (Å²) in [5.74, 6) is -1.27. The lowest BCUT2D eigenvalue weighted by atomic mass is 9.97. The number of benzene rings is 3. The van der Waals surface area contributed by atoms with Crippen LogP contribution in [0, 0.1) is 0 Å². The minimum atomic E-state index is -4.92. The van der Waals surface area contributed by atoms with Gasteiger partial charge in [0.1, 0.15) is 11.3 Å². The summed E-state index contributed by atoms with van der Waals surface area (Å²) in [7, 11) is 0. The van der Waals surface area contributed by atoms with Crippen molar-refractivity contribution in [1.29, 1.82) is 0 Å². The molecule has 2 fully saturated rings. The van der Waals surface area contributed by atoms with Crippen molar-refractivity contribution in [3.63, 3.8) is 0 Å². The third-order valence-electron chi connectivity index (χ3n) is 8.55.